The number of amides is 1. The topological polar surface area (TPSA) is 70.7 Å². The highest BCUT2D eigenvalue weighted by atomic mass is 35.5. The molecule has 0 saturated carbocycles. The van der Waals surface area contributed by atoms with Crippen molar-refractivity contribution < 1.29 is 4.79 Å². The fourth-order valence-corrected chi connectivity index (χ4v) is 1.85. The zero-order valence-corrected chi connectivity index (χ0v) is 10.5. The van der Waals surface area contributed by atoms with Gasteiger partial charge in [0.05, 0.1) is 17.3 Å². The van der Waals surface area contributed by atoms with Crippen LogP contribution < -0.4 is 5.32 Å². The van der Waals surface area contributed by atoms with Crippen LogP contribution in [0.1, 0.15) is 10.4 Å². The Morgan fingerprint density at radius 3 is 2.89 bits per heavy atom. The number of nitrogens with one attached hydrogen (secondary N) is 2. The maximum atomic E-state index is 12.0. The van der Waals surface area contributed by atoms with E-state index in [0.717, 1.165) is 10.9 Å². The molecule has 0 aliphatic heterocycles. The van der Waals surface area contributed by atoms with Crippen LogP contribution in [0.5, 0.6) is 0 Å². The summed E-state index contributed by atoms with van der Waals surface area (Å²) in [6.07, 6.45) is 3.14. The van der Waals surface area contributed by atoms with Gasteiger partial charge >= 0.3 is 0 Å². The molecule has 1 amide bonds. The number of pyridine rings is 1. The monoisotopic (exact) mass is 272 g/mol. The van der Waals surface area contributed by atoms with Crippen LogP contribution in [-0.4, -0.2) is 21.1 Å². The third-order valence-corrected chi connectivity index (χ3v) is 2.91. The van der Waals surface area contributed by atoms with Gasteiger partial charge in [-0.3, -0.25) is 9.89 Å². The average molecular weight is 273 g/mol. The summed E-state index contributed by atoms with van der Waals surface area (Å²) in [4.78, 5) is 15.9. The van der Waals surface area contributed by atoms with E-state index in [9.17, 15) is 4.79 Å². The van der Waals surface area contributed by atoms with Crippen molar-refractivity contribution in [3.8, 4) is 0 Å². The van der Waals surface area contributed by atoms with Gasteiger partial charge in [0, 0.05) is 17.3 Å². The van der Waals surface area contributed by atoms with Crippen LogP contribution in [0.2, 0.25) is 5.15 Å². The molecule has 0 fully saturated rings. The molecule has 5 nitrogen and oxygen atoms in total. The van der Waals surface area contributed by atoms with Crippen LogP contribution in [0.25, 0.3) is 10.9 Å². The van der Waals surface area contributed by atoms with Crippen molar-refractivity contribution in [1.29, 1.82) is 0 Å². The molecule has 1 aromatic carbocycles. The van der Waals surface area contributed by atoms with Crippen LogP contribution in [0.4, 0.5) is 5.69 Å². The highest BCUT2D eigenvalue weighted by Crippen LogP contribution is 2.17. The lowest BCUT2D eigenvalue weighted by Crippen LogP contribution is -2.11. The number of halogens is 1. The van der Waals surface area contributed by atoms with Crippen molar-refractivity contribution in [2.45, 2.75) is 0 Å². The molecule has 3 aromatic rings. The van der Waals surface area contributed by atoms with E-state index in [0.29, 0.717) is 16.4 Å². The van der Waals surface area contributed by atoms with Gasteiger partial charge in [-0.15, -0.1) is 0 Å². The van der Waals surface area contributed by atoms with Crippen LogP contribution in [-0.2, 0) is 0 Å². The molecule has 3 rings (SSSR count). The van der Waals surface area contributed by atoms with E-state index in [1.54, 1.807) is 18.3 Å². The van der Waals surface area contributed by atoms with Gasteiger partial charge in [0.25, 0.3) is 5.91 Å². The Kier molecular flexibility index (Phi) is 2.89. The molecule has 0 spiro atoms. The van der Waals surface area contributed by atoms with E-state index in [4.69, 9.17) is 11.6 Å². The highest BCUT2D eigenvalue weighted by molar-refractivity contribution is 6.29. The van der Waals surface area contributed by atoms with E-state index in [-0.39, 0.29) is 5.91 Å². The molecule has 0 bridgehead atoms. The minimum atomic E-state index is -0.230. The van der Waals surface area contributed by atoms with Crippen molar-refractivity contribution in [3.63, 3.8) is 0 Å². The third-order valence-electron chi connectivity index (χ3n) is 2.69. The fraction of sp³-hybridized carbons (Fsp3) is 0. The lowest BCUT2D eigenvalue weighted by atomic mass is 10.2. The number of carbonyl (C=O) groups excluding carboxylic acids is 1. The lowest BCUT2D eigenvalue weighted by Gasteiger charge is -2.05. The Balaban J connectivity index is 1.83. The minimum Gasteiger partial charge on any atom is -0.322 e. The Hall–Kier alpha value is -2.40. The minimum absolute atomic E-state index is 0.230. The zero-order valence-electron chi connectivity index (χ0n) is 9.72. The molecule has 0 unspecified atom stereocenters. The fourth-order valence-electron chi connectivity index (χ4n) is 1.73. The van der Waals surface area contributed by atoms with Gasteiger partial charge in [0.15, 0.2) is 0 Å². The summed E-state index contributed by atoms with van der Waals surface area (Å²) in [5.41, 5.74) is 2.08. The maximum absolute atomic E-state index is 12.0. The summed E-state index contributed by atoms with van der Waals surface area (Å²) in [5.74, 6) is -0.230. The molecule has 94 valence electrons. The molecule has 0 aliphatic carbocycles. The largest absolute Gasteiger partial charge is 0.322 e. The standard InChI is InChI=1S/C13H9ClN4O/c14-12-4-1-8(6-15-12)13(19)17-10-2-3-11-9(5-10)7-16-18-11/h1-7H,(H,16,18)(H,17,19). The van der Waals surface area contributed by atoms with Crippen LogP contribution in [0, 0.1) is 0 Å². The first kappa shape index (κ1) is 11.7. The van der Waals surface area contributed by atoms with Crippen LogP contribution in [0.15, 0.2) is 42.7 Å². The first-order valence-corrected chi connectivity index (χ1v) is 5.96. The molecule has 6 heteroatoms. The second-order valence-electron chi connectivity index (χ2n) is 4.00. The number of aromatic nitrogens is 3. The van der Waals surface area contributed by atoms with Gasteiger partial charge in [-0.25, -0.2) is 4.98 Å². The number of hydrogen-bond donors (Lipinski definition) is 2. The Labute approximate surface area is 113 Å². The number of H-pyrrole nitrogens is 1. The maximum Gasteiger partial charge on any atom is 0.257 e. The molecule has 0 atom stereocenters. The summed E-state index contributed by atoms with van der Waals surface area (Å²) in [6, 6.07) is 8.72. The van der Waals surface area contributed by atoms with Crippen molar-refractivity contribution in [2.24, 2.45) is 0 Å². The highest BCUT2D eigenvalue weighted by Gasteiger charge is 2.07. The summed E-state index contributed by atoms with van der Waals surface area (Å²) in [6.45, 7) is 0. The number of nitrogens with zero attached hydrogens (tertiary/aromatic N) is 2. The van der Waals surface area contributed by atoms with Gasteiger partial charge in [0.2, 0.25) is 0 Å². The lowest BCUT2D eigenvalue weighted by molar-refractivity contribution is 0.102. The molecular weight excluding hydrogens is 264 g/mol. The van der Waals surface area contributed by atoms with E-state index in [2.05, 4.69) is 20.5 Å². The van der Waals surface area contributed by atoms with Crippen molar-refractivity contribution in [3.05, 3.63) is 53.4 Å². The second kappa shape index (κ2) is 4.70. The quantitative estimate of drug-likeness (QED) is 0.705. The first-order chi connectivity index (χ1) is 9.22. The van der Waals surface area contributed by atoms with E-state index in [1.165, 1.54) is 6.20 Å². The molecule has 19 heavy (non-hydrogen) atoms. The van der Waals surface area contributed by atoms with E-state index < -0.39 is 0 Å². The van der Waals surface area contributed by atoms with E-state index in [1.807, 2.05) is 18.2 Å². The van der Waals surface area contributed by atoms with Crippen LogP contribution in [0.3, 0.4) is 0 Å². The van der Waals surface area contributed by atoms with Crippen LogP contribution >= 0.6 is 11.6 Å². The summed E-state index contributed by atoms with van der Waals surface area (Å²) in [5, 5.41) is 10.9. The number of benzene rings is 1. The van der Waals surface area contributed by atoms with Gasteiger partial charge in [0.1, 0.15) is 5.15 Å². The third kappa shape index (κ3) is 2.41. The Morgan fingerprint density at radius 1 is 1.21 bits per heavy atom. The van der Waals surface area contributed by atoms with Gasteiger partial charge in [-0.1, -0.05) is 11.6 Å². The van der Waals surface area contributed by atoms with Gasteiger partial charge in [-0.05, 0) is 30.3 Å². The summed E-state index contributed by atoms with van der Waals surface area (Å²) < 4.78 is 0. The number of fused-ring (bicyclic) bond motifs is 1. The summed E-state index contributed by atoms with van der Waals surface area (Å²) >= 11 is 5.68. The first-order valence-electron chi connectivity index (χ1n) is 5.58. The number of carbonyl (C=O) groups is 1. The van der Waals surface area contributed by atoms with Gasteiger partial charge < -0.3 is 5.32 Å². The van der Waals surface area contributed by atoms with Crippen molar-refractivity contribution in [1.82, 2.24) is 15.2 Å². The second-order valence-corrected chi connectivity index (χ2v) is 4.38. The SMILES string of the molecule is O=C(Nc1ccc2[nH]ncc2c1)c1ccc(Cl)nc1. The van der Waals surface area contributed by atoms with Crippen molar-refractivity contribution >= 4 is 34.1 Å². The average Bonchev–Trinajstić information content (AvgIpc) is 2.87. The molecule has 0 saturated heterocycles. The predicted octanol–water partition coefficient (Wildman–Crippen LogP) is 2.86. The normalized spacial score (nSPS) is 10.6. The predicted molar refractivity (Wildman–Crippen MR) is 73.3 cm³/mol. The molecule has 0 aliphatic rings. The molecule has 2 heterocycles. The number of aromatic amines is 1. The number of rotatable bonds is 2. The molecule has 2 aromatic heterocycles. The molecular formula is C13H9ClN4O. The van der Waals surface area contributed by atoms with Crippen molar-refractivity contribution in [2.75, 3.05) is 5.32 Å². The Morgan fingerprint density at radius 2 is 2.11 bits per heavy atom. The number of anilines is 1. The smallest absolute Gasteiger partial charge is 0.257 e. The molecule has 2 N–H and O–H groups in total. The molecule has 0 radical (unpaired) electrons. The Bertz CT molecular complexity index is 736. The van der Waals surface area contributed by atoms with E-state index >= 15 is 0 Å². The van der Waals surface area contributed by atoms with Gasteiger partial charge in [-0.2, -0.15) is 5.10 Å². The zero-order chi connectivity index (χ0) is 13.2. The summed E-state index contributed by atoms with van der Waals surface area (Å²) in [7, 11) is 0. The number of hydrogen-bond acceptors (Lipinski definition) is 3.